The number of hydrogen-bond acceptors (Lipinski definition) is 13. The number of aliphatic carboxylic acids is 1. The largest absolute Gasteiger partial charge is 0.477 e. The van der Waals surface area contributed by atoms with Crippen molar-refractivity contribution in [2.45, 2.75) is 22.3 Å². The predicted molar refractivity (Wildman–Crippen MR) is 142 cm³/mol. The number of amides is 2. The summed E-state index contributed by atoms with van der Waals surface area (Å²) >= 11 is 5.51. The number of hydrazine groups is 1. The maximum absolute atomic E-state index is 13.0. The van der Waals surface area contributed by atoms with Gasteiger partial charge in [-0.2, -0.15) is 4.83 Å². The molecule has 0 bridgehead atoms. The van der Waals surface area contributed by atoms with Gasteiger partial charge in [0, 0.05) is 24.8 Å². The van der Waals surface area contributed by atoms with Gasteiger partial charge in [0.2, 0.25) is 0 Å². The third-order valence-electron chi connectivity index (χ3n) is 5.62. The van der Waals surface area contributed by atoms with E-state index in [-0.39, 0.29) is 11.5 Å². The highest BCUT2D eigenvalue weighted by molar-refractivity contribution is 8.02. The molecule has 1 aromatic heterocycles. The molecule has 1 aromatic rings. The molecule has 4 aliphatic rings. The van der Waals surface area contributed by atoms with Crippen LogP contribution in [0.5, 0.6) is 0 Å². The van der Waals surface area contributed by atoms with E-state index >= 15 is 0 Å². The molecule has 0 aromatic carbocycles. The Hall–Kier alpha value is -2.86. The maximum Gasteiger partial charge on any atom is 0.352 e. The van der Waals surface area contributed by atoms with E-state index in [1.807, 2.05) is 24.2 Å². The summed E-state index contributed by atoms with van der Waals surface area (Å²) in [5, 5.41) is 17.4. The summed E-state index contributed by atoms with van der Waals surface area (Å²) in [5.74, 6) is -1.70. The average Bonchev–Trinajstić information content (AvgIpc) is 3.48. The first kappa shape index (κ1) is 25.8. The number of carboxylic acids is 1. The number of nitrogens with two attached hydrogens (primary N) is 1. The molecule has 2 amide bonds. The Balaban J connectivity index is 1.27. The number of nitrogens with zero attached hydrogens (tertiary/aromatic N) is 5. The molecule has 196 valence electrons. The highest BCUT2D eigenvalue weighted by atomic mass is 32.2. The van der Waals surface area contributed by atoms with Gasteiger partial charge in [0.1, 0.15) is 29.3 Å². The number of aromatic nitrogens is 1. The normalized spacial score (nSPS) is 23.0. The van der Waals surface area contributed by atoms with Crippen LogP contribution in [-0.2, 0) is 25.8 Å². The Morgan fingerprint density at radius 1 is 1.46 bits per heavy atom. The molecule has 5 N–H and O–H groups in total. The molecule has 0 radical (unpaired) electrons. The van der Waals surface area contributed by atoms with E-state index in [4.69, 9.17) is 10.6 Å². The van der Waals surface area contributed by atoms with Gasteiger partial charge < -0.3 is 25.9 Å². The molecule has 0 aliphatic carbocycles. The van der Waals surface area contributed by atoms with Crippen molar-refractivity contribution in [3.8, 4) is 0 Å². The smallest absolute Gasteiger partial charge is 0.352 e. The number of carbonyl (C=O) groups excluding carboxylic acids is 2. The maximum atomic E-state index is 13.0. The van der Waals surface area contributed by atoms with E-state index < -0.39 is 29.2 Å². The molecular formula is C20H22N8O5S4. The number of carboxylic acid groups (broad SMARTS) is 1. The molecular weight excluding hydrogens is 561 g/mol. The van der Waals surface area contributed by atoms with Crippen LogP contribution < -0.4 is 15.9 Å². The second-order valence-electron chi connectivity index (χ2n) is 8.12. The van der Waals surface area contributed by atoms with Crippen LogP contribution in [0.25, 0.3) is 6.08 Å². The van der Waals surface area contributed by atoms with E-state index in [2.05, 4.69) is 20.3 Å². The van der Waals surface area contributed by atoms with Crippen LogP contribution >= 0.6 is 46.8 Å². The molecule has 0 spiro atoms. The SMILES string of the molecule is CO/N=C(/C(=O)NC1C(=O)N2C(C(=O)O)=C(CSc3nc4c(s3)C=CN(C)C4)CS[C@H]12)N1C=C(N)SN1. The Morgan fingerprint density at radius 2 is 2.27 bits per heavy atom. The van der Waals surface area contributed by atoms with Gasteiger partial charge in [-0.3, -0.25) is 14.5 Å². The van der Waals surface area contributed by atoms with E-state index in [1.165, 1.54) is 46.7 Å². The standard InChI is InChI=1S/C20H22N8O5S4/c1-26-4-3-11-10(5-26)22-20(36-11)35-8-9-7-34-18-13(17(30)28(18)14(9)19(31)32)23-16(29)15(24-33-2)27-6-12(21)37-25-27/h3-4,6,13,18,25H,5,7-8,21H2,1-2H3,(H,23,29)(H,31,32)/b24-15-/t13?,18-/m1/s1. The first-order chi connectivity index (χ1) is 17.8. The number of β-lactam (4-membered cyclic amide) rings is 1. The Bertz CT molecular complexity index is 1280. The first-order valence-corrected chi connectivity index (χ1v) is 14.5. The third kappa shape index (κ3) is 5.00. The lowest BCUT2D eigenvalue weighted by molar-refractivity contribution is -0.150. The summed E-state index contributed by atoms with van der Waals surface area (Å²) in [6.45, 7) is 0.728. The number of amidine groups is 1. The minimum absolute atomic E-state index is 0.0354. The second kappa shape index (κ2) is 10.5. The highest BCUT2D eigenvalue weighted by Crippen LogP contribution is 2.42. The fourth-order valence-electron chi connectivity index (χ4n) is 3.95. The van der Waals surface area contributed by atoms with Crippen molar-refractivity contribution in [2.24, 2.45) is 10.9 Å². The van der Waals surface area contributed by atoms with Gasteiger partial charge in [-0.25, -0.2) is 14.8 Å². The quantitative estimate of drug-likeness (QED) is 0.0920. The lowest BCUT2D eigenvalue weighted by atomic mass is 10.0. The molecule has 37 heavy (non-hydrogen) atoms. The minimum Gasteiger partial charge on any atom is -0.477 e. The summed E-state index contributed by atoms with van der Waals surface area (Å²) in [7, 11) is 3.27. The first-order valence-electron chi connectivity index (χ1n) is 10.8. The fourth-order valence-corrected chi connectivity index (χ4v) is 8.02. The molecule has 13 nitrogen and oxygen atoms in total. The lowest BCUT2D eigenvalue weighted by Crippen LogP contribution is -2.71. The molecule has 1 fully saturated rings. The van der Waals surface area contributed by atoms with Gasteiger partial charge in [0.25, 0.3) is 17.6 Å². The Kier molecular flexibility index (Phi) is 7.30. The van der Waals surface area contributed by atoms with Crippen molar-refractivity contribution >= 4 is 76.5 Å². The van der Waals surface area contributed by atoms with E-state index in [0.29, 0.717) is 22.1 Å². The van der Waals surface area contributed by atoms with Gasteiger partial charge in [0.05, 0.1) is 23.3 Å². The molecule has 2 atom stereocenters. The summed E-state index contributed by atoms with van der Waals surface area (Å²) in [4.78, 5) is 54.7. The lowest BCUT2D eigenvalue weighted by Gasteiger charge is -2.49. The molecule has 1 saturated heterocycles. The van der Waals surface area contributed by atoms with Crippen LogP contribution in [0.2, 0.25) is 0 Å². The van der Waals surface area contributed by atoms with Gasteiger partial charge >= 0.3 is 5.97 Å². The Labute approximate surface area is 228 Å². The average molecular weight is 583 g/mol. The number of oxime groups is 1. The number of carbonyl (C=O) groups is 3. The monoisotopic (exact) mass is 582 g/mol. The number of rotatable bonds is 6. The molecule has 5 heterocycles. The van der Waals surface area contributed by atoms with Crippen LogP contribution in [0.4, 0.5) is 0 Å². The molecule has 5 rings (SSSR count). The number of hydrogen-bond donors (Lipinski definition) is 4. The number of nitrogens with one attached hydrogen (secondary N) is 2. The zero-order chi connectivity index (χ0) is 26.3. The van der Waals surface area contributed by atoms with Gasteiger partial charge in [-0.15, -0.1) is 23.1 Å². The second-order valence-corrected chi connectivity index (χ2v) is 12.3. The van der Waals surface area contributed by atoms with Crippen LogP contribution in [0.3, 0.4) is 0 Å². The van der Waals surface area contributed by atoms with Crippen molar-refractivity contribution < 1.29 is 24.3 Å². The van der Waals surface area contributed by atoms with Crippen molar-refractivity contribution in [2.75, 3.05) is 25.7 Å². The number of fused-ring (bicyclic) bond motifs is 2. The Morgan fingerprint density at radius 3 is 2.97 bits per heavy atom. The van der Waals surface area contributed by atoms with Crippen LogP contribution in [0, 0.1) is 0 Å². The summed E-state index contributed by atoms with van der Waals surface area (Å²) in [5.41, 5.74) is 7.31. The molecule has 17 heteroatoms. The van der Waals surface area contributed by atoms with Crippen LogP contribution in [0.1, 0.15) is 10.6 Å². The van der Waals surface area contributed by atoms with Crippen molar-refractivity contribution in [3.63, 3.8) is 0 Å². The van der Waals surface area contributed by atoms with Gasteiger partial charge in [0.15, 0.2) is 4.34 Å². The van der Waals surface area contributed by atoms with Gasteiger partial charge in [-0.05, 0) is 23.6 Å². The number of thioether (sulfide) groups is 2. The van der Waals surface area contributed by atoms with Crippen LogP contribution in [-0.4, -0.2) is 85.6 Å². The zero-order valence-corrected chi connectivity index (χ0v) is 22.8. The van der Waals surface area contributed by atoms with E-state index in [1.54, 1.807) is 11.3 Å². The van der Waals surface area contributed by atoms with E-state index in [0.717, 1.165) is 33.4 Å². The third-order valence-corrected chi connectivity index (χ3v) is 9.88. The topological polar surface area (TPSA) is 166 Å². The van der Waals surface area contributed by atoms with Crippen LogP contribution in [0.15, 0.2) is 38.2 Å². The molecule has 0 saturated carbocycles. The van der Waals surface area contributed by atoms with Crippen molar-refractivity contribution in [1.29, 1.82) is 0 Å². The summed E-state index contributed by atoms with van der Waals surface area (Å²) < 4.78 is 0.850. The zero-order valence-electron chi connectivity index (χ0n) is 19.5. The predicted octanol–water partition coefficient (Wildman–Crippen LogP) is 0.576. The summed E-state index contributed by atoms with van der Waals surface area (Å²) in [6.07, 6.45) is 5.47. The van der Waals surface area contributed by atoms with Gasteiger partial charge in [-0.1, -0.05) is 16.9 Å². The number of thiazole rings is 1. The minimum atomic E-state index is -1.18. The van der Waals surface area contributed by atoms with Crippen molar-refractivity contribution in [1.82, 2.24) is 29.9 Å². The van der Waals surface area contributed by atoms with Crippen molar-refractivity contribution in [3.05, 3.63) is 39.3 Å². The molecule has 4 aliphatic heterocycles. The summed E-state index contributed by atoms with van der Waals surface area (Å²) in [6, 6.07) is -0.908. The molecule has 1 unspecified atom stereocenters. The fraction of sp³-hybridized carbons (Fsp3) is 0.350. The van der Waals surface area contributed by atoms with E-state index in [9.17, 15) is 19.5 Å². The highest BCUT2D eigenvalue weighted by Gasteiger charge is 2.54.